The van der Waals surface area contributed by atoms with Gasteiger partial charge in [-0.15, -0.1) is 0 Å². The van der Waals surface area contributed by atoms with Crippen LogP contribution in [0.4, 0.5) is 0 Å². The topological polar surface area (TPSA) is 42.0 Å². The number of carbonyl (C=O) groups is 1. The Bertz CT molecular complexity index is 353. The fourth-order valence-corrected chi connectivity index (χ4v) is 3.50. The van der Waals surface area contributed by atoms with Gasteiger partial charge in [0.25, 0.3) is 0 Å². The lowest BCUT2D eigenvalue weighted by atomic mass is 9.64. The summed E-state index contributed by atoms with van der Waals surface area (Å²) in [7, 11) is 2.13. The van der Waals surface area contributed by atoms with Crippen molar-refractivity contribution in [1.82, 2.24) is 9.80 Å². The molecule has 0 aromatic carbocycles. The van der Waals surface area contributed by atoms with E-state index in [1.54, 1.807) is 0 Å². The second-order valence-electron chi connectivity index (χ2n) is 6.74. The van der Waals surface area contributed by atoms with Crippen molar-refractivity contribution in [3.8, 4) is 0 Å². The summed E-state index contributed by atoms with van der Waals surface area (Å²) in [5.41, 5.74) is 0.173. The molecule has 0 N–H and O–H groups in total. The molecule has 1 heterocycles. The molecule has 2 atom stereocenters. The molecule has 1 aliphatic heterocycles. The van der Waals surface area contributed by atoms with Gasteiger partial charge in [0.05, 0.1) is 19.3 Å². The van der Waals surface area contributed by atoms with Crippen LogP contribution in [0.3, 0.4) is 0 Å². The summed E-state index contributed by atoms with van der Waals surface area (Å²) in [6, 6.07) is 0.506. The maximum absolute atomic E-state index is 12.2. The third-order valence-corrected chi connectivity index (χ3v) is 5.07. The fourth-order valence-electron chi connectivity index (χ4n) is 3.50. The number of nitrogens with zero attached hydrogens (tertiary/aromatic N) is 2. The van der Waals surface area contributed by atoms with Crippen molar-refractivity contribution in [2.45, 2.75) is 45.8 Å². The summed E-state index contributed by atoms with van der Waals surface area (Å²) < 4.78 is 11.1. The van der Waals surface area contributed by atoms with Gasteiger partial charge < -0.3 is 19.3 Å². The van der Waals surface area contributed by atoms with Crippen LogP contribution in [-0.2, 0) is 14.3 Å². The van der Waals surface area contributed by atoms with Gasteiger partial charge in [-0.05, 0) is 20.4 Å². The summed E-state index contributed by atoms with van der Waals surface area (Å²) in [6.45, 7) is 11.0. The van der Waals surface area contributed by atoms with Gasteiger partial charge in [-0.3, -0.25) is 4.79 Å². The molecule has 21 heavy (non-hydrogen) atoms. The minimum absolute atomic E-state index is 0.173. The van der Waals surface area contributed by atoms with E-state index in [1.807, 2.05) is 11.8 Å². The second-order valence-corrected chi connectivity index (χ2v) is 6.74. The summed E-state index contributed by atoms with van der Waals surface area (Å²) in [5.74, 6) is 0.253. The van der Waals surface area contributed by atoms with Crippen LogP contribution < -0.4 is 0 Å². The summed E-state index contributed by atoms with van der Waals surface area (Å²) in [5, 5.41) is 0. The standard InChI is InChI=1S/C16H30N2O3/c1-5-21-14-12-13(16(14,2)3)17(4)7-6-15(19)18-8-10-20-11-9-18/h13-14H,5-12H2,1-4H3/t13-,14-/m0/s1. The van der Waals surface area contributed by atoms with Gasteiger partial charge >= 0.3 is 0 Å². The number of amides is 1. The smallest absolute Gasteiger partial charge is 0.224 e. The Morgan fingerprint density at radius 3 is 2.62 bits per heavy atom. The van der Waals surface area contributed by atoms with E-state index >= 15 is 0 Å². The Kier molecular flexibility index (Phi) is 5.63. The zero-order valence-electron chi connectivity index (χ0n) is 13.9. The molecule has 1 amide bonds. The predicted molar refractivity (Wildman–Crippen MR) is 82.2 cm³/mol. The van der Waals surface area contributed by atoms with Crippen molar-refractivity contribution in [3.05, 3.63) is 0 Å². The van der Waals surface area contributed by atoms with Gasteiger partial charge in [0.1, 0.15) is 0 Å². The van der Waals surface area contributed by atoms with E-state index in [-0.39, 0.29) is 11.3 Å². The van der Waals surface area contributed by atoms with Crippen molar-refractivity contribution in [1.29, 1.82) is 0 Å². The third kappa shape index (κ3) is 3.76. The molecule has 2 aliphatic rings. The van der Waals surface area contributed by atoms with Gasteiger partial charge in [-0.1, -0.05) is 13.8 Å². The quantitative estimate of drug-likeness (QED) is 0.743. The van der Waals surface area contributed by atoms with Crippen molar-refractivity contribution in [3.63, 3.8) is 0 Å². The molecule has 2 rings (SSSR count). The van der Waals surface area contributed by atoms with Crippen LogP contribution in [0.1, 0.15) is 33.6 Å². The minimum atomic E-state index is 0.173. The van der Waals surface area contributed by atoms with Gasteiger partial charge in [-0.25, -0.2) is 0 Å². The Balaban J connectivity index is 1.74. The maximum Gasteiger partial charge on any atom is 0.224 e. The molecular weight excluding hydrogens is 268 g/mol. The lowest BCUT2D eigenvalue weighted by Gasteiger charge is -2.55. The van der Waals surface area contributed by atoms with E-state index in [4.69, 9.17) is 9.47 Å². The van der Waals surface area contributed by atoms with E-state index in [2.05, 4.69) is 25.8 Å². The summed E-state index contributed by atoms with van der Waals surface area (Å²) >= 11 is 0. The van der Waals surface area contributed by atoms with Crippen molar-refractivity contribution < 1.29 is 14.3 Å². The number of rotatable bonds is 6. The predicted octanol–water partition coefficient (Wildman–Crippen LogP) is 1.37. The molecule has 0 aromatic rings. The van der Waals surface area contributed by atoms with Gasteiger partial charge in [0.2, 0.25) is 5.91 Å². The van der Waals surface area contributed by atoms with E-state index in [1.165, 1.54) is 0 Å². The van der Waals surface area contributed by atoms with Crippen LogP contribution in [0.2, 0.25) is 0 Å². The molecule has 0 aromatic heterocycles. The molecule has 0 unspecified atom stereocenters. The third-order valence-electron chi connectivity index (χ3n) is 5.07. The minimum Gasteiger partial charge on any atom is -0.378 e. The van der Waals surface area contributed by atoms with Gasteiger partial charge in [0.15, 0.2) is 0 Å². The zero-order chi connectivity index (χ0) is 15.5. The normalized spacial score (nSPS) is 28.5. The van der Waals surface area contributed by atoms with E-state index in [0.717, 1.165) is 32.7 Å². The highest BCUT2D eigenvalue weighted by Gasteiger charge is 2.50. The highest BCUT2D eigenvalue weighted by molar-refractivity contribution is 5.76. The van der Waals surface area contributed by atoms with E-state index in [0.29, 0.717) is 31.8 Å². The highest BCUT2D eigenvalue weighted by Crippen LogP contribution is 2.45. The van der Waals surface area contributed by atoms with Crippen LogP contribution in [0.25, 0.3) is 0 Å². The molecular formula is C16H30N2O3. The van der Waals surface area contributed by atoms with Gasteiger partial charge in [0, 0.05) is 44.1 Å². The Hall–Kier alpha value is -0.650. The van der Waals surface area contributed by atoms with Crippen LogP contribution >= 0.6 is 0 Å². The molecule has 0 spiro atoms. The molecule has 0 bridgehead atoms. The molecule has 5 heteroatoms. The van der Waals surface area contributed by atoms with E-state index in [9.17, 15) is 4.79 Å². The number of hydrogen-bond acceptors (Lipinski definition) is 4. The molecule has 0 radical (unpaired) electrons. The van der Waals surface area contributed by atoms with Crippen molar-refractivity contribution >= 4 is 5.91 Å². The number of ether oxygens (including phenoxy) is 2. The molecule has 1 saturated carbocycles. The number of hydrogen-bond donors (Lipinski definition) is 0. The molecule has 122 valence electrons. The Morgan fingerprint density at radius 1 is 1.38 bits per heavy atom. The van der Waals surface area contributed by atoms with Crippen LogP contribution in [-0.4, -0.2) is 74.4 Å². The highest BCUT2D eigenvalue weighted by atomic mass is 16.5. The Labute approximate surface area is 128 Å². The van der Waals surface area contributed by atoms with Crippen molar-refractivity contribution in [2.24, 2.45) is 5.41 Å². The van der Waals surface area contributed by atoms with Crippen LogP contribution in [0, 0.1) is 5.41 Å². The first-order chi connectivity index (χ1) is 9.96. The van der Waals surface area contributed by atoms with Crippen LogP contribution in [0.5, 0.6) is 0 Å². The lowest BCUT2D eigenvalue weighted by molar-refractivity contribution is -0.148. The van der Waals surface area contributed by atoms with Gasteiger partial charge in [-0.2, -0.15) is 0 Å². The maximum atomic E-state index is 12.2. The molecule has 5 nitrogen and oxygen atoms in total. The summed E-state index contributed by atoms with van der Waals surface area (Å²) in [6.07, 6.45) is 2.02. The number of morpholine rings is 1. The largest absolute Gasteiger partial charge is 0.378 e. The first-order valence-electron chi connectivity index (χ1n) is 8.14. The fraction of sp³-hybridized carbons (Fsp3) is 0.938. The first kappa shape index (κ1) is 16.7. The van der Waals surface area contributed by atoms with E-state index < -0.39 is 0 Å². The second kappa shape index (κ2) is 7.07. The Morgan fingerprint density at radius 2 is 2.05 bits per heavy atom. The molecule has 1 saturated heterocycles. The zero-order valence-corrected chi connectivity index (χ0v) is 13.9. The average Bonchev–Trinajstić information content (AvgIpc) is 2.49. The lowest BCUT2D eigenvalue weighted by Crippen LogP contribution is -2.61. The van der Waals surface area contributed by atoms with Crippen LogP contribution in [0.15, 0.2) is 0 Å². The molecule has 1 aliphatic carbocycles. The SMILES string of the molecule is CCO[C@H]1C[C@H](N(C)CCC(=O)N2CCOCC2)C1(C)C. The molecule has 2 fully saturated rings. The first-order valence-corrected chi connectivity index (χ1v) is 8.14. The van der Waals surface area contributed by atoms with Crippen molar-refractivity contribution in [2.75, 3.05) is 46.5 Å². The number of carbonyl (C=O) groups excluding carboxylic acids is 1. The monoisotopic (exact) mass is 298 g/mol. The average molecular weight is 298 g/mol. The summed E-state index contributed by atoms with van der Waals surface area (Å²) in [4.78, 5) is 16.4.